The van der Waals surface area contributed by atoms with E-state index in [4.69, 9.17) is 11.6 Å². The van der Waals surface area contributed by atoms with Crippen molar-refractivity contribution in [1.82, 2.24) is 25.0 Å². The Bertz CT molecular complexity index is 1590. The second-order valence-electron chi connectivity index (χ2n) is 10.4. The SMILES string of the molecule is COC(=O)C(C)(C)NC(=O)CC(NC(=O)Cn1nc(-c2ccc(Cl)cc2)n(CC(O)C(F)F)c1=O)c1cccc(C(F)(F)F)c1. The molecule has 3 N–H and O–H groups in total. The van der Waals surface area contributed by atoms with E-state index in [2.05, 4.69) is 20.5 Å². The van der Waals surface area contributed by atoms with Gasteiger partial charge in [0.1, 0.15) is 18.2 Å². The van der Waals surface area contributed by atoms with E-state index in [0.29, 0.717) is 9.70 Å². The highest BCUT2D eigenvalue weighted by atomic mass is 35.5. The lowest BCUT2D eigenvalue weighted by Gasteiger charge is -2.25. The van der Waals surface area contributed by atoms with E-state index in [1.165, 1.54) is 44.2 Å². The minimum atomic E-state index is -4.75. The quantitative estimate of drug-likeness (QED) is 0.200. The van der Waals surface area contributed by atoms with Crippen LogP contribution in [-0.2, 0) is 38.4 Å². The molecule has 2 atom stereocenters. The lowest BCUT2D eigenvalue weighted by Crippen LogP contribution is -2.51. The average Bonchev–Trinajstić information content (AvgIpc) is 3.25. The van der Waals surface area contributed by atoms with Gasteiger partial charge in [-0.3, -0.25) is 14.2 Å². The largest absolute Gasteiger partial charge is 0.467 e. The highest BCUT2D eigenvalue weighted by Crippen LogP contribution is 2.31. The molecular weight excluding hydrogens is 633 g/mol. The first-order valence-corrected chi connectivity index (χ1v) is 13.6. The van der Waals surface area contributed by atoms with E-state index in [1.54, 1.807) is 0 Å². The van der Waals surface area contributed by atoms with Gasteiger partial charge in [-0.2, -0.15) is 13.2 Å². The monoisotopic (exact) mass is 661 g/mol. The second-order valence-corrected chi connectivity index (χ2v) is 10.8. The van der Waals surface area contributed by atoms with Crippen molar-refractivity contribution in [3.05, 3.63) is 75.2 Å². The lowest BCUT2D eigenvalue weighted by atomic mass is 9.99. The molecular formula is C28H29ClF5N5O6. The van der Waals surface area contributed by atoms with Crippen LogP contribution in [0.1, 0.15) is 37.4 Å². The van der Waals surface area contributed by atoms with Gasteiger partial charge in [0.15, 0.2) is 5.82 Å². The molecule has 2 unspecified atom stereocenters. The van der Waals surface area contributed by atoms with Crippen molar-refractivity contribution < 1.29 is 46.2 Å². The van der Waals surface area contributed by atoms with E-state index in [9.17, 15) is 46.2 Å². The number of hydrogen-bond acceptors (Lipinski definition) is 7. The molecule has 0 aliphatic rings. The highest BCUT2D eigenvalue weighted by Gasteiger charge is 2.34. The molecule has 0 radical (unpaired) electrons. The molecule has 0 aliphatic carbocycles. The number of hydrogen-bond donors (Lipinski definition) is 3. The molecule has 3 aromatic rings. The minimum absolute atomic E-state index is 0.121. The molecule has 244 valence electrons. The predicted molar refractivity (Wildman–Crippen MR) is 150 cm³/mol. The van der Waals surface area contributed by atoms with Gasteiger partial charge in [-0.25, -0.2) is 23.1 Å². The van der Waals surface area contributed by atoms with Crippen LogP contribution in [0.25, 0.3) is 11.4 Å². The predicted octanol–water partition coefficient (Wildman–Crippen LogP) is 3.33. The number of ether oxygens (including phenoxy) is 1. The first kappa shape index (κ1) is 35.2. The van der Waals surface area contributed by atoms with Gasteiger partial charge in [0.25, 0.3) is 6.43 Å². The van der Waals surface area contributed by atoms with Gasteiger partial charge in [0, 0.05) is 10.6 Å². The number of nitrogens with one attached hydrogen (secondary N) is 2. The molecule has 2 amide bonds. The van der Waals surface area contributed by atoms with Crippen LogP contribution in [0.3, 0.4) is 0 Å². The third-order valence-corrected chi connectivity index (χ3v) is 6.72. The number of rotatable bonds is 12. The van der Waals surface area contributed by atoms with Crippen molar-refractivity contribution >= 4 is 29.4 Å². The van der Waals surface area contributed by atoms with E-state index in [-0.39, 0.29) is 17.0 Å². The Morgan fingerprint density at radius 1 is 1.07 bits per heavy atom. The van der Waals surface area contributed by atoms with Crippen LogP contribution in [0, 0.1) is 0 Å². The third-order valence-electron chi connectivity index (χ3n) is 6.47. The summed E-state index contributed by atoms with van der Waals surface area (Å²) in [7, 11) is 1.09. The van der Waals surface area contributed by atoms with E-state index in [0.717, 1.165) is 29.9 Å². The molecule has 1 aromatic heterocycles. The number of alkyl halides is 5. The van der Waals surface area contributed by atoms with Gasteiger partial charge < -0.3 is 20.5 Å². The number of nitrogens with zero attached hydrogens (tertiary/aromatic N) is 3. The molecule has 0 fully saturated rings. The topological polar surface area (TPSA) is 145 Å². The number of methoxy groups -OCH3 is 1. The van der Waals surface area contributed by atoms with Gasteiger partial charge in [-0.1, -0.05) is 23.7 Å². The van der Waals surface area contributed by atoms with Gasteiger partial charge in [0.2, 0.25) is 11.8 Å². The molecule has 45 heavy (non-hydrogen) atoms. The lowest BCUT2D eigenvalue weighted by molar-refractivity contribution is -0.149. The van der Waals surface area contributed by atoms with Gasteiger partial charge >= 0.3 is 17.8 Å². The van der Waals surface area contributed by atoms with Crippen molar-refractivity contribution in [3.63, 3.8) is 0 Å². The Kier molecular flexibility index (Phi) is 11.1. The maximum atomic E-state index is 13.4. The summed E-state index contributed by atoms with van der Waals surface area (Å²) in [5.74, 6) is -2.80. The van der Waals surface area contributed by atoms with Crippen molar-refractivity contribution in [1.29, 1.82) is 0 Å². The van der Waals surface area contributed by atoms with Crippen LogP contribution in [0.4, 0.5) is 22.0 Å². The first-order valence-electron chi connectivity index (χ1n) is 13.2. The number of aromatic nitrogens is 3. The Balaban J connectivity index is 1.95. The third kappa shape index (κ3) is 9.11. The summed E-state index contributed by atoms with van der Waals surface area (Å²) in [5.41, 5.74) is -3.51. The van der Waals surface area contributed by atoms with E-state index in [1.807, 2.05) is 0 Å². The molecule has 0 aliphatic heterocycles. The number of aliphatic hydroxyl groups is 1. The maximum absolute atomic E-state index is 13.4. The standard InChI is InChI=1S/C28H29ClF5N5O6/c1-27(2,25(43)45-3)36-21(41)12-19(16-5-4-6-17(11-16)28(32,33)34)35-22(42)14-39-26(44)38(13-20(40)23(30)31)24(37-39)15-7-9-18(29)10-8-15/h4-11,19-20,23,40H,12-14H2,1-3H3,(H,35,42)(H,36,41). The van der Waals surface area contributed by atoms with Crippen LogP contribution in [0.2, 0.25) is 5.02 Å². The summed E-state index contributed by atoms with van der Waals surface area (Å²) in [5, 5.41) is 18.9. The van der Waals surface area contributed by atoms with Crippen LogP contribution >= 0.6 is 11.6 Å². The van der Waals surface area contributed by atoms with Gasteiger partial charge in [-0.05, 0) is 55.8 Å². The Morgan fingerprint density at radius 3 is 2.29 bits per heavy atom. The zero-order chi connectivity index (χ0) is 33.7. The summed E-state index contributed by atoms with van der Waals surface area (Å²) < 4.78 is 72.6. The smallest absolute Gasteiger partial charge is 0.416 e. The van der Waals surface area contributed by atoms with Crippen LogP contribution < -0.4 is 16.3 Å². The summed E-state index contributed by atoms with van der Waals surface area (Å²) in [6.07, 6.45) is -10.8. The number of carbonyl (C=O) groups excluding carboxylic acids is 3. The molecule has 17 heteroatoms. The number of carbonyl (C=O) groups is 3. The minimum Gasteiger partial charge on any atom is -0.467 e. The highest BCUT2D eigenvalue weighted by molar-refractivity contribution is 6.30. The summed E-state index contributed by atoms with van der Waals surface area (Å²) in [6.45, 7) is 0.947. The summed E-state index contributed by atoms with van der Waals surface area (Å²) in [4.78, 5) is 51.2. The molecule has 3 rings (SSSR count). The number of halogens is 6. The zero-order valence-corrected chi connectivity index (χ0v) is 24.8. The van der Waals surface area contributed by atoms with Crippen molar-refractivity contribution in [3.8, 4) is 11.4 Å². The Hall–Kier alpha value is -4.31. The Morgan fingerprint density at radius 2 is 1.71 bits per heavy atom. The molecule has 0 saturated carbocycles. The normalized spacial score (nSPS) is 13.3. The first-order chi connectivity index (χ1) is 20.9. The van der Waals surface area contributed by atoms with Crippen molar-refractivity contribution in [2.24, 2.45) is 0 Å². The van der Waals surface area contributed by atoms with Gasteiger partial charge in [-0.15, -0.1) is 5.10 Å². The summed E-state index contributed by atoms with van der Waals surface area (Å²) in [6, 6.07) is 8.19. The Labute approximate surface area is 257 Å². The fourth-order valence-corrected chi connectivity index (χ4v) is 4.36. The number of aliphatic hydroxyl groups excluding tert-OH is 1. The van der Waals surface area contributed by atoms with E-state index < -0.39 is 78.8 Å². The maximum Gasteiger partial charge on any atom is 0.416 e. The molecule has 0 bridgehead atoms. The van der Waals surface area contributed by atoms with Crippen LogP contribution in [-0.4, -0.2) is 62.4 Å². The fraction of sp³-hybridized carbons (Fsp3) is 0.393. The second kappa shape index (κ2) is 14.2. The van der Waals surface area contributed by atoms with E-state index >= 15 is 0 Å². The van der Waals surface area contributed by atoms with Gasteiger partial charge in [0.05, 0.1) is 31.7 Å². The van der Waals surface area contributed by atoms with Crippen molar-refractivity contribution in [2.75, 3.05) is 7.11 Å². The molecule has 0 saturated heterocycles. The average molecular weight is 662 g/mol. The molecule has 11 nitrogen and oxygen atoms in total. The fourth-order valence-electron chi connectivity index (χ4n) is 4.24. The summed E-state index contributed by atoms with van der Waals surface area (Å²) >= 11 is 5.90. The molecule has 1 heterocycles. The van der Waals surface area contributed by atoms with Crippen LogP contribution in [0.5, 0.6) is 0 Å². The zero-order valence-electron chi connectivity index (χ0n) is 24.1. The van der Waals surface area contributed by atoms with Crippen LogP contribution in [0.15, 0.2) is 53.3 Å². The molecule has 2 aromatic carbocycles. The number of amides is 2. The number of esters is 1. The van der Waals surface area contributed by atoms with Crippen molar-refractivity contribution in [2.45, 2.75) is 63.6 Å². The number of benzene rings is 2. The molecule has 0 spiro atoms.